The summed E-state index contributed by atoms with van der Waals surface area (Å²) in [7, 11) is 0. The number of aromatic nitrogens is 3. The van der Waals surface area contributed by atoms with Crippen LogP contribution in [0.2, 0.25) is 0 Å². The van der Waals surface area contributed by atoms with Gasteiger partial charge in [0.25, 0.3) is 0 Å². The maximum absolute atomic E-state index is 14.1. The normalized spacial score (nSPS) is 35.1. The summed E-state index contributed by atoms with van der Waals surface area (Å²) in [5.41, 5.74) is 1.18. The average Bonchev–Trinajstić information content (AvgIpc) is 3.20. The number of esters is 1. The summed E-state index contributed by atoms with van der Waals surface area (Å²) in [6, 6.07) is 1.25. The number of carbonyl (C=O) groups is 3. The van der Waals surface area contributed by atoms with Gasteiger partial charge in [-0.25, -0.2) is 9.50 Å². The predicted octanol–water partition coefficient (Wildman–Crippen LogP) is 4.26. The molecule has 1 amide bonds. The lowest BCUT2D eigenvalue weighted by Crippen LogP contribution is -2.46. The van der Waals surface area contributed by atoms with E-state index < -0.39 is 17.4 Å². The second-order valence-electron chi connectivity index (χ2n) is 13.6. The van der Waals surface area contributed by atoms with Gasteiger partial charge in [0.2, 0.25) is 5.91 Å². The number of hydrogen-bond acceptors (Lipinski definition) is 7. The zero-order chi connectivity index (χ0) is 28.2. The Morgan fingerprint density at radius 1 is 1.05 bits per heavy atom. The van der Waals surface area contributed by atoms with Crippen molar-refractivity contribution in [2.45, 2.75) is 97.3 Å². The monoisotopic (exact) mass is 550 g/mol. The highest BCUT2D eigenvalue weighted by molar-refractivity contribution is 5.87. The smallest absolute Gasteiger partial charge is 0.306 e. The Morgan fingerprint density at radius 2 is 1.88 bits per heavy atom. The largest absolute Gasteiger partial charge is 0.485 e. The Labute approximate surface area is 236 Å². The fraction of sp³-hybridized carbons (Fsp3) is 0.710. The van der Waals surface area contributed by atoms with Crippen LogP contribution in [0.15, 0.2) is 18.5 Å². The predicted molar refractivity (Wildman–Crippen MR) is 147 cm³/mol. The molecule has 0 radical (unpaired) electrons. The van der Waals surface area contributed by atoms with Crippen LogP contribution in [0.4, 0.5) is 0 Å². The van der Waals surface area contributed by atoms with E-state index in [0.29, 0.717) is 23.5 Å². The van der Waals surface area contributed by atoms with Gasteiger partial charge in [0.05, 0.1) is 43.0 Å². The summed E-state index contributed by atoms with van der Waals surface area (Å²) in [6.07, 6.45) is 11.2. The first-order valence-electron chi connectivity index (χ1n) is 15.1. The summed E-state index contributed by atoms with van der Waals surface area (Å²) in [5.74, 6) is 1.12. The Morgan fingerprint density at radius 3 is 2.65 bits per heavy atom. The molecule has 4 aliphatic rings. The summed E-state index contributed by atoms with van der Waals surface area (Å²) >= 11 is 0. The van der Waals surface area contributed by atoms with Crippen molar-refractivity contribution in [2.75, 3.05) is 6.54 Å². The fourth-order valence-electron chi connectivity index (χ4n) is 7.43. The number of nitrogens with zero attached hydrogens (tertiary/aromatic N) is 4. The van der Waals surface area contributed by atoms with E-state index in [1.807, 2.05) is 40.0 Å². The van der Waals surface area contributed by atoms with Crippen molar-refractivity contribution in [3.8, 4) is 5.75 Å². The Kier molecular flexibility index (Phi) is 7.11. The maximum Gasteiger partial charge on any atom is 0.306 e. The van der Waals surface area contributed by atoms with Crippen LogP contribution < -0.4 is 4.74 Å². The molecule has 2 aliphatic carbocycles. The van der Waals surface area contributed by atoms with E-state index in [1.165, 1.54) is 6.42 Å². The molecule has 2 aromatic rings. The minimum absolute atomic E-state index is 0.0207. The van der Waals surface area contributed by atoms with Crippen molar-refractivity contribution >= 4 is 23.8 Å². The van der Waals surface area contributed by atoms with E-state index in [1.54, 1.807) is 15.6 Å². The lowest BCUT2D eigenvalue weighted by molar-refractivity contribution is -0.158. The second kappa shape index (κ2) is 10.5. The van der Waals surface area contributed by atoms with E-state index in [4.69, 9.17) is 14.5 Å². The van der Waals surface area contributed by atoms with Gasteiger partial charge >= 0.3 is 5.97 Å². The summed E-state index contributed by atoms with van der Waals surface area (Å²) < 4.78 is 14.4. The lowest BCUT2D eigenvalue weighted by atomic mass is 9.77. The van der Waals surface area contributed by atoms with E-state index in [2.05, 4.69) is 5.10 Å². The zero-order valence-electron chi connectivity index (χ0n) is 24.1. The molecular weight excluding hydrogens is 508 g/mol. The minimum Gasteiger partial charge on any atom is -0.485 e. The molecule has 1 saturated heterocycles. The van der Waals surface area contributed by atoms with Gasteiger partial charge in [0.15, 0.2) is 11.4 Å². The number of fused-ring (bicyclic) bond motifs is 7. The van der Waals surface area contributed by atoms with E-state index in [0.717, 1.165) is 56.2 Å². The van der Waals surface area contributed by atoms with Gasteiger partial charge in [-0.3, -0.25) is 9.59 Å². The SMILES string of the molecule is C[C@@H]1[C@@H]2CN(C(=O)[C@H](C(C)(C)C)CC(=O)O[C@@H]3CC4CC4[C@H]3CCCCCc3nc4ccnn4cc3O2)[C@@H]1C=O. The first-order chi connectivity index (χ1) is 19.1. The van der Waals surface area contributed by atoms with Gasteiger partial charge in [0.1, 0.15) is 18.5 Å². The maximum atomic E-state index is 14.1. The molecule has 2 aromatic heterocycles. The Balaban J connectivity index is 1.32. The zero-order valence-corrected chi connectivity index (χ0v) is 24.1. The molecular formula is C31H42N4O5. The quantitative estimate of drug-likeness (QED) is 0.386. The number of hydrogen-bond donors (Lipinski definition) is 0. The Bertz CT molecular complexity index is 1280. The molecule has 4 heterocycles. The first kappa shape index (κ1) is 27.2. The van der Waals surface area contributed by atoms with E-state index in [-0.39, 0.29) is 43.0 Å². The van der Waals surface area contributed by atoms with Gasteiger partial charge in [-0.2, -0.15) is 5.10 Å². The van der Waals surface area contributed by atoms with Crippen molar-refractivity contribution in [3.05, 3.63) is 24.2 Å². The molecule has 2 saturated carbocycles. The van der Waals surface area contributed by atoms with Crippen molar-refractivity contribution in [3.63, 3.8) is 0 Å². The molecule has 9 nitrogen and oxygen atoms in total. The summed E-state index contributed by atoms with van der Waals surface area (Å²) in [4.78, 5) is 46.1. The van der Waals surface area contributed by atoms with Crippen LogP contribution in [0, 0.1) is 35.0 Å². The second-order valence-corrected chi connectivity index (χ2v) is 13.6. The van der Waals surface area contributed by atoms with Gasteiger partial charge < -0.3 is 19.2 Å². The van der Waals surface area contributed by atoms with Crippen molar-refractivity contribution in [2.24, 2.45) is 35.0 Å². The molecule has 3 fully saturated rings. The lowest BCUT2D eigenvalue weighted by Gasteiger charge is -2.34. The highest BCUT2D eigenvalue weighted by atomic mass is 16.5. The molecule has 9 heteroatoms. The third kappa shape index (κ3) is 5.12. The van der Waals surface area contributed by atoms with Crippen LogP contribution >= 0.6 is 0 Å². The standard InChI is InChI=1S/C31H42N4O5/c1-18-24(17-36)34-15-26(18)39-27-16-35-28(10-11-32-35)33-23(27)9-7-5-6-8-20-21-12-19(21)13-25(20)40-29(37)14-22(30(34)38)31(2,3)4/h10-11,16-22,24-26H,5-9,12-15H2,1-4H3/t18-,19?,20+,21?,22+,24+,25+,26-/m0/s1. The first-order valence-corrected chi connectivity index (χ1v) is 15.1. The summed E-state index contributed by atoms with van der Waals surface area (Å²) in [5, 5.41) is 4.34. The molecule has 6 rings (SSSR count). The van der Waals surface area contributed by atoms with Gasteiger partial charge in [-0.15, -0.1) is 0 Å². The minimum atomic E-state index is -0.628. The number of amides is 1. The molecule has 0 spiro atoms. The number of carbonyl (C=O) groups excluding carboxylic acids is 3. The molecule has 2 unspecified atom stereocenters. The average molecular weight is 551 g/mol. The van der Waals surface area contributed by atoms with Crippen molar-refractivity contribution < 1.29 is 23.9 Å². The van der Waals surface area contributed by atoms with Crippen LogP contribution in [0.25, 0.3) is 5.65 Å². The van der Waals surface area contributed by atoms with Crippen LogP contribution in [0.3, 0.4) is 0 Å². The van der Waals surface area contributed by atoms with Crippen molar-refractivity contribution in [1.82, 2.24) is 19.5 Å². The number of ether oxygens (including phenoxy) is 2. The highest BCUT2D eigenvalue weighted by Crippen LogP contribution is 2.58. The van der Waals surface area contributed by atoms with Gasteiger partial charge in [-0.1, -0.05) is 40.5 Å². The fourth-order valence-corrected chi connectivity index (χ4v) is 7.43. The molecule has 0 N–H and O–H groups in total. The van der Waals surface area contributed by atoms with Crippen LogP contribution in [-0.4, -0.2) is 62.5 Å². The molecule has 2 aliphatic heterocycles. The molecule has 8 atom stereocenters. The molecule has 40 heavy (non-hydrogen) atoms. The molecule has 2 bridgehead atoms. The topological polar surface area (TPSA) is 103 Å². The van der Waals surface area contributed by atoms with Crippen LogP contribution in [-0.2, 0) is 25.5 Å². The summed E-state index contributed by atoms with van der Waals surface area (Å²) in [6.45, 7) is 8.15. The van der Waals surface area contributed by atoms with Crippen molar-refractivity contribution in [1.29, 1.82) is 0 Å². The van der Waals surface area contributed by atoms with Crippen LogP contribution in [0.1, 0.15) is 78.3 Å². The van der Waals surface area contributed by atoms with Crippen LogP contribution in [0.5, 0.6) is 5.75 Å². The number of aryl methyl sites for hydroxylation is 1. The third-order valence-corrected chi connectivity index (χ3v) is 9.97. The molecule has 216 valence electrons. The van der Waals surface area contributed by atoms with E-state index >= 15 is 0 Å². The molecule has 0 aromatic carbocycles. The Hall–Kier alpha value is -2.97. The third-order valence-electron chi connectivity index (χ3n) is 9.97. The highest BCUT2D eigenvalue weighted by Gasteiger charge is 2.54. The van der Waals surface area contributed by atoms with Gasteiger partial charge in [-0.05, 0) is 55.3 Å². The van der Waals surface area contributed by atoms with Gasteiger partial charge in [0, 0.05) is 12.0 Å². The number of aldehydes is 1. The van der Waals surface area contributed by atoms with E-state index in [9.17, 15) is 14.4 Å². The number of rotatable bonds is 1.